The second kappa shape index (κ2) is 9.49. The highest BCUT2D eigenvalue weighted by Gasteiger charge is 2.70. The van der Waals surface area contributed by atoms with Gasteiger partial charge in [0, 0.05) is 31.3 Å². The number of fused-ring (bicyclic) bond motifs is 6. The topological polar surface area (TPSA) is 101 Å². The number of ether oxygens (including phenoxy) is 5. The molecule has 0 spiro atoms. The molecule has 0 N–H and O–H groups in total. The van der Waals surface area contributed by atoms with Gasteiger partial charge in [0.1, 0.15) is 12.2 Å². The Bertz CT molecular complexity index is 935. The van der Waals surface area contributed by atoms with Crippen molar-refractivity contribution in [3.8, 4) is 0 Å². The Kier molecular flexibility index (Phi) is 6.24. The van der Waals surface area contributed by atoms with Crippen LogP contribution in [0.3, 0.4) is 0 Å². The fourth-order valence-electron chi connectivity index (χ4n) is 9.37. The fraction of sp³-hybridized carbons (Fsp3) is 0.893. The normalized spacial score (nSPS) is 46.2. The average molecular weight is 518 g/mol. The highest BCUT2D eigenvalue weighted by atomic mass is 16.7. The third-order valence-corrected chi connectivity index (χ3v) is 10.8. The van der Waals surface area contributed by atoms with Crippen LogP contribution in [0.5, 0.6) is 0 Å². The first-order chi connectivity index (χ1) is 18.0. The molecule has 4 bridgehead atoms. The lowest BCUT2D eigenvalue weighted by molar-refractivity contribution is -0.206. The van der Waals surface area contributed by atoms with Gasteiger partial charge in [0.2, 0.25) is 6.29 Å². The number of rotatable bonds is 8. The molecule has 0 aromatic heterocycles. The summed E-state index contributed by atoms with van der Waals surface area (Å²) in [4.78, 5) is 41.0. The summed E-state index contributed by atoms with van der Waals surface area (Å²) in [5.74, 6) is 0.402. The van der Waals surface area contributed by atoms with E-state index < -0.39 is 36.3 Å². The van der Waals surface area contributed by atoms with Gasteiger partial charge in [-0.15, -0.1) is 0 Å². The SMILES string of the molecule is CCC(OC(=O)C1C2CC3C(OC(=O)C31)C2OC(=O)CN1CCOCC1)OC1CC2CC1C1CCCC21. The van der Waals surface area contributed by atoms with Crippen LogP contribution in [-0.2, 0) is 38.1 Å². The third kappa shape index (κ3) is 4.02. The van der Waals surface area contributed by atoms with Crippen LogP contribution in [0.1, 0.15) is 51.9 Å². The number of carbonyl (C=O) groups is 3. The van der Waals surface area contributed by atoms with Crippen molar-refractivity contribution < 1.29 is 38.1 Å². The van der Waals surface area contributed by atoms with Gasteiger partial charge in [-0.05, 0) is 55.8 Å². The summed E-state index contributed by atoms with van der Waals surface area (Å²) < 4.78 is 29.3. The number of nitrogens with zero attached hydrogens (tertiary/aromatic N) is 1. The number of carbonyl (C=O) groups excluding carboxylic acids is 3. The van der Waals surface area contributed by atoms with Crippen molar-refractivity contribution >= 4 is 17.9 Å². The Morgan fingerprint density at radius 1 is 1.03 bits per heavy atom. The smallest absolute Gasteiger partial charge is 0.320 e. The molecule has 0 radical (unpaired) electrons. The summed E-state index contributed by atoms with van der Waals surface area (Å²) in [6.45, 7) is 4.71. The van der Waals surface area contributed by atoms with E-state index in [1.807, 2.05) is 11.8 Å². The summed E-state index contributed by atoms with van der Waals surface area (Å²) in [6, 6.07) is 0. The molecule has 0 aromatic rings. The van der Waals surface area contributed by atoms with E-state index in [0.29, 0.717) is 45.1 Å². The standard InChI is InChI=1S/C28H39NO8/c1-2-22(34-20-11-14-10-17(20)16-5-3-4-15(14)16)36-27(31)23-18-12-19-24(23)28(32)37-26(19)25(18)35-21(30)13-29-6-8-33-9-7-29/h14-20,22-26H,2-13H2,1H3. The van der Waals surface area contributed by atoms with Gasteiger partial charge in [0.25, 0.3) is 0 Å². The Morgan fingerprint density at radius 3 is 2.65 bits per heavy atom. The van der Waals surface area contributed by atoms with Crippen molar-refractivity contribution in [1.82, 2.24) is 4.90 Å². The van der Waals surface area contributed by atoms with Gasteiger partial charge in [-0.25, -0.2) is 0 Å². The van der Waals surface area contributed by atoms with Gasteiger partial charge >= 0.3 is 17.9 Å². The molecule has 2 heterocycles. The first-order valence-electron chi connectivity index (χ1n) is 14.6. The van der Waals surface area contributed by atoms with Gasteiger partial charge in [0.15, 0.2) is 0 Å². The van der Waals surface area contributed by atoms with Gasteiger partial charge in [-0.2, -0.15) is 0 Å². The maximum atomic E-state index is 13.5. The molecule has 2 aliphatic heterocycles. The zero-order valence-corrected chi connectivity index (χ0v) is 21.6. The number of hydrogen-bond donors (Lipinski definition) is 0. The lowest BCUT2D eigenvalue weighted by atomic mass is 9.78. The van der Waals surface area contributed by atoms with Crippen LogP contribution < -0.4 is 0 Å². The molecule has 7 aliphatic rings. The van der Waals surface area contributed by atoms with Crippen LogP contribution in [0.25, 0.3) is 0 Å². The molecule has 0 aromatic carbocycles. The zero-order valence-electron chi connectivity index (χ0n) is 21.6. The van der Waals surface area contributed by atoms with Gasteiger partial charge in [-0.3, -0.25) is 19.3 Å². The lowest BCUT2D eigenvalue weighted by Crippen LogP contribution is -2.46. The molecule has 9 heteroatoms. The minimum absolute atomic E-state index is 0.0953. The summed E-state index contributed by atoms with van der Waals surface area (Å²) in [6.07, 6.45) is 6.07. The second-order valence-corrected chi connectivity index (χ2v) is 12.5. The molecule has 9 nitrogen and oxygen atoms in total. The zero-order chi connectivity index (χ0) is 25.3. The van der Waals surface area contributed by atoms with E-state index in [-0.39, 0.29) is 36.4 Å². The number of esters is 3. The van der Waals surface area contributed by atoms with Crippen LogP contribution in [-0.4, -0.2) is 80.3 Å². The molecule has 2 saturated heterocycles. The predicted octanol–water partition coefficient (Wildman–Crippen LogP) is 2.16. The van der Waals surface area contributed by atoms with Crippen molar-refractivity contribution in [2.24, 2.45) is 47.3 Å². The van der Waals surface area contributed by atoms with Gasteiger partial charge in [0.05, 0.1) is 37.7 Å². The van der Waals surface area contributed by atoms with Crippen LogP contribution in [0, 0.1) is 47.3 Å². The van der Waals surface area contributed by atoms with E-state index in [0.717, 1.165) is 24.2 Å². The van der Waals surface area contributed by atoms with E-state index in [1.54, 1.807) is 0 Å². The highest BCUT2D eigenvalue weighted by Crippen LogP contribution is 2.60. The van der Waals surface area contributed by atoms with Crippen LogP contribution in [0.2, 0.25) is 0 Å². The molecular formula is C28H39NO8. The maximum absolute atomic E-state index is 13.5. The fourth-order valence-corrected chi connectivity index (χ4v) is 9.37. The van der Waals surface area contributed by atoms with Crippen LogP contribution in [0.15, 0.2) is 0 Å². The summed E-state index contributed by atoms with van der Waals surface area (Å²) >= 11 is 0. The summed E-state index contributed by atoms with van der Waals surface area (Å²) in [7, 11) is 0. The Balaban J connectivity index is 0.997. The van der Waals surface area contributed by atoms with Crippen molar-refractivity contribution in [3.63, 3.8) is 0 Å². The van der Waals surface area contributed by atoms with E-state index in [4.69, 9.17) is 23.7 Å². The first kappa shape index (κ1) is 24.3. The predicted molar refractivity (Wildman–Crippen MR) is 128 cm³/mol. The largest absolute Gasteiger partial charge is 0.458 e. The van der Waals surface area contributed by atoms with Crippen LogP contribution >= 0.6 is 0 Å². The third-order valence-electron chi connectivity index (χ3n) is 10.8. The molecule has 0 amide bonds. The van der Waals surface area contributed by atoms with Crippen LogP contribution in [0.4, 0.5) is 0 Å². The average Bonchev–Trinajstić information content (AvgIpc) is 3.70. The monoisotopic (exact) mass is 517 g/mol. The van der Waals surface area contributed by atoms with Crippen molar-refractivity contribution in [3.05, 3.63) is 0 Å². The Morgan fingerprint density at radius 2 is 1.84 bits per heavy atom. The van der Waals surface area contributed by atoms with Gasteiger partial charge < -0.3 is 23.7 Å². The minimum Gasteiger partial charge on any atom is -0.458 e. The Hall–Kier alpha value is -1.71. The second-order valence-electron chi connectivity index (χ2n) is 12.5. The minimum atomic E-state index is -0.644. The summed E-state index contributed by atoms with van der Waals surface area (Å²) in [5.41, 5.74) is 0. The van der Waals surface area contributed by atoms with E-state index in [2.05, 4.69) is 0 Å². The van der Waals surface area contributed by atoms with Crippen molar-refractivity contribution in [2.75, 3.05) is 32.8 Å². The van der Waals surface area contributed by atoms with E-state index in [9.17, 15) is 14.4 Å². The number of morpholine rings is 1. The quantitative estimate of drug-likeness (QED) is 0.272. The number of hydrogen-bond acceptors (Lipinski definition) is 9. The summed E-state index contributed by atoms with van der Waals surface area (Å²) in [5, 5.41) is 0. The molecule has 7 fully saturated rings. The van der Waals surface area contributed by atoms with E-state index >= 15 is 0 Å². The molecule has 12 atom stereocenters. The lowest BCUT2D eigenvalue weighted by Gasteiger charge is -2.35. The molecule has 5 aliphatic carbocycles. The van der Waals surface area contributed by atoms with Crippen molar-refractivity contribution in [1.29, 1.82) is 0 Å². The van der Waals surface area contributed by atoms with E-state index in [1.165, 1.54) is 25.7 Å². The molecule has 12 unspecified atom stereocenters. The van der Waals surface area contributed by atoms with Gasteiger partial charge in [-0.1, -0.05) is 13.3 Å². The molecular weight excluding hydrogens is 478 g/mol. The highest BCUT2D eigenvalue weighted by molar-refractivity contribution is 5.86. The maximum Gasteiger partial charge on any atom is 0.320 e. The molecule has 37 heavy (non-hydrogen) atoms. The molecule has 204 valence electrons. The molecule has 5 saturated carbocycles. The van der Waals surface area contributed by atoms with Crippen molar-refractivity contribution in [2.45, 2.75) is 76.5 Å². The first-order valence-corrected chi connectivity index (χ1v) is 14.6. The Labute approximate surface area is 217 Å². The molecule has 7 rings (SSSR count).